The molecule has 0 aliphatic carbocycles. The molecule has 0 aromatic rings. The maximum absolute atomic E-state index is 13.0. The lowest BCUT2D eigenvalue weighted by Crippen LogP contribution is -2.43. The van der Waals surface area contributed by atoms with Crippen molar-refractivity contribution in [1.29, 1.82) is 0 Å². The number of hydrogen-bond donors (Lipinski definition) is 0. The Morgan fingerprint density at radius 1 is 1.67 bits per heavy atom. The Labute approximate surface area is 72.4 Å². The van der Waals surface area contributed by atoms with E-state index in [1.807, 2.05) is 13.8 Å². The quantitative estimate of drug-likeness (QED) is 0.600. The highest BCUT2D eigenvalue weighted by Crippen LogP contribution is 2.08. The highest BCUT2D eigenvalue weighted by Gasteiger charge is 2.23. The third-order valence-corrected chi connectivity index (χ3v) is 1.78. The third-order valence-electron chi connectivity index (χ3n) is 1.78. The number of rotatable bonds is 3. The standard InChI is InChI=1S/C8H16FNO2/c1-7(2)12-6-8-5-11-4-3-10(8)9/h7-8H,3-6H2,1-2H3. The lowest BCUT2D eigenvalue weighted by Gasteiger charge is -2.28. The predicted octanol–water partition coefficient (Wildman–Crippen LogP) is 0.997. The van der Waals surface area contributed by atoms with Crippen LogP contribution in [0.25, 0.3) is 0 Å². The summed E-state index contributed by atoms with van der Waals surface area (Å²) in [6.45, 7) is 5.55. The van der Waals surface area contributed by atoms with Crippen LogP contribution < -0.4 is 0 Å². The Bertz CT molecular complexity index is 132. The summed E-state index contributed by atoms with van der Waals surface area (Å²) in [6, 6.07) is -0.221. The van der Waals surface area contributed by atoms with Gasteiger partial charge in [-0.3, -0.25) is 0 Å². The van der Waals surface area contributed by atoms with Crippen LogP contribution >= 0.6 is 0 Å². The molecule has 72 valence electrons. The highest BCUT2D eigenvalue weighted by atomic mass is 19.2. The van der Waals surface area contributed by atoms with Crippen molar-refractivity contribution in [2.75, 3.05) is 26.4 Å². The average molecular weight is 177 g/mol. The second-order valence-electron chi connectivity index (χ2n) is 3.23. The minimum atomic E-state index is -0.221. The van der Waals surface area contributed by atoms with E-state index in [0.29, 0.717) is 26.4 Å². The van der Waals surface area contributed by atoms with Gasteiger partial charge in [0.15, 0.2) is 0 Å². The van der Waals surface area contributed by atoms with Crippen molar-refractivity contribution in [3.63, 3.8) is 0 Å². The normalized spacial score (nSPS) is 26.5. The van der Waals surface area contributed by atoms with Crippen LogP contribution in [0.3, 0.4) is 0 Å². The molecule has 1 aliphatic heterocycles. The van der Waals surface area contributed by atoms with E-state index >= 15 is 0 Å². The van der Waals surface area contributed by atoms with Gasteiger partial charge in [0.2, 0.25) is 0 Å². The molecule has 3 nitrogen and oxygen atoms in total. The van der Waals surface area contributed by atoms with Gasteiger partial charge in [-0.2, -0.15) is 0 Å². The molecule has 0 radical (unpaired) electrons. The van der Waals surface area contributed by atoms with E-state index < -0.39 is 0 Å². The van der Waals surface area contributed by atoms with Crippen LogP contribution in [0.5, 0.6) is 0 Å². The molecule has 0 aromatic carbocycles. The summed E-state index contributed by atoms with van der Waals surface area (Å²) >= 11 is 0. The van der Waals surface area contributed by atoms with Crippen LogP contribution in [0.15, 0.2) is 0 Å². The van der Waals surface area contributed by atoms with Gasteiger partial charge >= 0.3 is 0 Å². The second kappa shape index (κ2) is 4.74. The molecule has 1 heterocycles. The van der Waals surface area contributed by atoms with Crippen LogP contribution in [0, 0.1) is 0 Å². The van der Waals surface area contributed by atoms with Gasteiger partial charge in [0.1, 0.15) is 0 Å². The van der Waals surface area contributed by atoms with Crippen LogP contribution in [0.1, 0.15) is 13.8 Å². The summed E-state index contributed by atoms with van der Waals surface area (Å²) in [5.74, 6) is 0. The van der Waals surface area contributed by atoms with Crippen molar-refractivity contribution in [3.05, 3.63) is 0 Å². The summed E-state index contributed by atoms with van der Waals surface area (Å²) < 4.78 is 23.4. The Kier molecular flexibility index (Phi) is 3.91. The van der Waals surface area contributed by atoms with E-state index in [1.54, 1.807) is 0 Å². The zero-order valence-electron chi connectivity index (χ0n) is 7.62. The molecule has 0 bridgehead atoms. The van der Waals surface area contributed by atoms with E-state index in [1.165, 1.54) is 0 Å². The van der Waals surface area contributed by atoms with Crippen molar-refractivity contribution in [3.8, 4) is 0 Å². The first-order chi connectivity index (χ1) is 5.70. The minimum absolute atomic E-state index is 0.153. The van der Waals surface area contributed by atoms with Crippen molar-refractivity contribution < 1.29 is 14.0 Å². The molecule has 0 spiro atoms. The summed E-state index contributed by atoms with van der Waals surface area (Å²) in [7, 11) is 0. The highest BCUT2D eigenvalue weighted by molar-refractivity contribution is 4.68. The van der Waals surface area contributed by atoms with Gasteiger partial charge in [-0.15, -0.1) is 9.60 Å². The van der Waals surface area contributed by atoms with E-state index in [0.717, 1.165) is 5.12 Å². The van der Waals surface area contributed by atoms with E-state index in [2.05, 4.69) is 0 Å². The van der Waals surface area contributed by atoms with Crippen molar-refractivity contribution in [1.82, 2.24) is 5.12 Å². The molecule has 1 rings (SSSR count). The van der Waals surface area contributed by atoms with Gasteiger partial charge in [-0.25, -0.2) is 0 Å². The van der Waals surface area contributed by atoms with Crippen molar-refractivity contribution >= 4 is 0 Å². The van der Waals surface area contributed by atoms with Gasteiger partial charge in [0.25, 0.3) is 0 Å². The molecule has 1 atom stereocenters. The van der Waals surface area contributed by atoms with Crippen molar-refractivity contribution in [2.24, 2.45) is 0 Å². The van der Waals surface area contributed by atoms with Gasteiger partial charge in [0.05, 0.1) is 38.5 Å². The first-order valence-corrected chi connectivity index (χ1v) is 4.32. The first kappa shape index (κ1) is 9.89. The van der Waals surface area contributed by atoms with Gasteiger partial charge in [0, 0.05) is 0 Å². The summed E-state index contributed by atoms with van der Waals surface area (Å²) in [5.41, 5.74) is 0. The number of halogens is 1. The second-order valence-corrected chi connectivity index (χ2v) is 3.23. The molecule has 12 heavy (non-hydrogen) atoms. The molecule has 0 saturated carbocycles. The maximum atomic E-state index is 13.0. The molecule has 4 heteroatoms. The summed E-state index contributed by atoms with van der Waals surface area (Å²) in [6.07, 6.45) is 0.153. The van der Waals surface area contributed by atoms with E-state index in [9.17, 15) is 4.48 Å². The SMILES string of the molecule is CC(C)OCC1COCCN1F. The fraction of sp³-hybridized carbons (Fsp3) is 1.00. The number of morpholine rings is 1. The zero-order valence-corrected chi connectivity index (χ0v) is 7.62. The van der Waals surface area contributed by atoms with E-state index in [-0.39, 0.29) is 12.1 Å². The molecule has 1 unspecified atom stereocenters. The first-order valence-electron chi connectivity index (χ1n) is 4.32. The molecule has 1 fully saturated rings. The molecule has 1 aliphatic rings. The lowest BCUT2D eigenvalue weighted by atomic mass is 10.3. The number of nitrogens with zero attached hydrogens (tertiary/aromatic N) is 1. The minimum Gasteiger partial charge on any atom is -0.378 e. The number of hydrogen-bond acceptors (Lipinski definition) is 3. The van der Waals surface area contributed by atoms with Crippen molar-refractivity contribution in [2.45, 2.75) is 26.0 Å². The van der Waals surface area contributed by atoms with Gasteiger partial charge < -0.3 is 9.47 Å². The molecule has 0 amide bonds. The fourth-order valence-electron chi connectivity index (χ4n) is 1.07. The Hall–Kier alpha value is -0.190. The molecule has 1 saturated heterocycles. The fourth-order valence-corrected chi connectivity index (χ4v) is 1.07. The van der Waals surface area contributed by atoms with E-state index in [4.69, 9.17) is 9.47 Å². The van der Waals surface area contributed by atoms with Crippen LogP contribution in [-0.4, -0.2) is 43.6 Å². The third kappa shape index (κ3) is 3.05. The average Bonchev–Trinajstić information content (AvgIpc) is 2.03. The molecular weight excluding hydrogens is 161 g/mol. The Balaban J connectivity index is 2.20. The van der Waals surface area contributed by atoms with Crippen LogP contribution in [0.2, 0.25) is 0 Å². The Morgan fingerprint density at radius 3 is 3.00 bits per heavy atom. The maximum Gasteiger partial charge on any atom is 0.0870 e. The van der Waals surface area contributed by atoms with Gasteiger partial charge in [-0.1, -0.05) is 0 Å². The van der Waals surface area contributed by atoms with Gasteiger partial charge in [-0.05, 0) is 13.8 Å². The largest absolute Gasteiger partial charge is 0.378 e. The van der Waals surface area contributed by atoms with Crippen LogP contribution in [0.4, 0.5) is 4.48 Å². The summed E-state index contributed by atoms with van der Waals surface area (Å²) in [5, 5.41) is 0.797. The lowest BCUT2D eigenvalue weighted by molar-refractivity contribution is -0.135. The molecule has 0 aromatic heterocycles. The molecular formula is C8H16FNO2. The topological polar surface area (TPSA) is 21.7 Å². The molecule has 0 N–H and O–H groups in total. The predicted molar refractivity (Wildman–Crippen MR) is 43.5 cm³/mol. The smallest absolute Gasteiger partial charge is 0.0870 e. The monoisotopic (exact) mass is 177 g/mol. The van der Waals surface area contributed by atoms with Crippen LogP contribution in [-0.2, 0) is 9.47 Å². The Morgan fingerprint density at radius 2 is 2.42 bits per heavy atom. The zero-order chi connectivity index (χ0) is 8.97. The number of ether oxygens (including phenoxy) is 2. The summed E-state index contributed by atoms with van der Waals surface area (Å²) in [4.78, 5) is 0.